The van der Waals surface area contributed by atoms with Crippen LogP contribution in [0.5, 0.6) is 0 Å². The van der Waals surface area contributed by atoms with Crippen LogP contribution in [0.25, 0.3) is 0 Å². The second-order valence-electron chi connectivity index (χ2n) is 1.82. The van der Waals surface area contributed by atoms with Crippen LogP contribution in [0.4, 0.5) is 0 Å². The molecule has 0 aromatic carbocycles. The third kappa shape index (κ3) is 13700. The molecule has 0 saturated heterocycles. The maximum Gasteiger partial charge on any atom is 2.00 e. The molecular formula is C6H12CuO2+2. The zero-order valence-electron chi connectivity index (χ0n) is 6.12. The fraction of sp³-hybridized carbons (Fsp3) is 0.667. The molecule has 0 aliphatic heterocycles. The molecule has 0 rings (SSSR count). The van der Waals surface area contributed by atoms with E-state index in [9.17, 15) is 9.59 Å². The molecule has 0 fully saturated rings. The summed E-state index contributed by atoms with van der Waals surface area (Å²) in [5, 5.41) is 0. The van der Waals surface area contributed by atoms with Crippen LogP contribution in [0.1, 0.15) is 27.7 Å². The molecule has 0 spiro atoms. The van der Waals surface area contributed by atoms with Crippen LogP contribution >= 0.6 is 0 Å². The normalized spacial score (nSPS) is 5.78. The van der Waals surface area contributed by atoms with Gasteiger partial charge in [0.25, 0.3) is 0 Å². The summed E-state index contributed by atoms with van der Waals surface area (Å²) < 4.78 is 0. The van der Waals surface area contributed by atoms with Gasteiger partial charge in [0.2, 0.25) is 0 Å². The van der Waals surface area contributed by atoms with Crippen LogP contribution < -0.4 is 0 Å². The average Bonchev–Trinajstić information content (AvgIpc) is 1.25. The van der Waals surface area contributed by atoms with Crippen LogP contribution in [-0.4, -0.2) is 11.6 Å². The molecule has 9 heavy (non-hydrogen) atoms. The van der Waals surface area contributed by atoms with E-state index in [-0.39, 0.29) is 28.6 Å². The number of carbonyl (C=O) groups excluding carboxylic acids is 2. The number of carbonyl (C=O) groups is 2. The summed E-state index contributed by atoms with van der Waals surface area (Å²) in [6, 6.07) is 0. The first-order chi connectivity index (χ1) is 3.46. The van der Waals surface area contributed by atoms with Gasteiger partial charge >= 0.3 is 17.1 Å². The van der Waals surface area contributed by atoms with Crippen molar-refractivity contribution in [2.45, 2.75) is 27.7 Å². The summed E-state index contributed by atoms with van der Waals surface area (Å²) in [5.41, 5.74) is 0. The monoisotopic (exact) mass is 179 g/mol. The number of hydrogen-bond donors (Lipinski definition) is 0. The van der Waals surface area contributed by atoms with Gasteiger partial charge in [0.15, 0.2) is 0 Å². The van der Waals surface area contributed by atoms with Gasteiger partial charge in [-0.3, -0.25) is 0 Å². The molecule has 1 radical (unpaired) electrons. The topological polar surface area (TPSA) is 34.1 Å². The fourth-order valence-corrected chi connectivity index (χ4v) is 0. The zero-order valence-corrected chi connectivity index (χ0v) is 7.06. The summed E-state index contributed by atoms with van der Waals surface area (Å²) in [6.45, 7) is 6.11. The number of rotatable bonds is 0. The molecule has 0 aromatic rings. The molecule has 0 bridgehead atoms. The van der Waals surface area contributed by atoms with E-state index in [2.05, 4.69) is 0 Å². The Morgan fingerprint density at radius 3 is 0.778 bits per heavy atom. The van der Waals surface area contributed by atoms with E-state index >= 15 is 0 Å². The van der Waals surface area contributed by atoms with E-state index < -0.39 is 0 Å². The van der Waals surface area contributed by atoms with Crippen molar-refractivity contribution in [2.24, 2.45) is 0 Å². The standard InChI is InChI=1S/2C3H6O.Cu/c2*1-3(2)4;/h2*1-2H3;/q;;+2. The van der Waals surface area contributed by atoms with E-state index in [0.717, 1.165) is 0 Å². The van der Waals surface area contributed by atoms with Gasteiger partial charge in [-0.2, -0.15) is 0 Å². The Labute approximate surface area is 66.5 Å². The van der Waals surface area contributed by atoms with Crippen molar-refractivity contribution in [1.29, 1.82) is 0 Å². The minimum Gasteiger partial charge on any atom is -0.300 e. The van der Waals surface area contributed by atoms with Gasteiger partial charge < -0.3 is 9.59 Å². The third-order valence-electron chi connectivity index (χ3n) is 0. The van der Waals surface area contributed by atoms with Crippen molar-refractivity contribution in [3.63, 3.8) is 0 Å². The molecule has 0 N–H and O–H groups in total. The number of Topliss-reactive ketones (excluding diaryl/α,β-unsaturated/α-hetero) is 2. The van der Waals surface area contributed by atoms with Gasteiger partial charge in [0, 0.05) is 0 Å². The van der Waals surface area contributed by atoms with E-state index in [1.54, 1.807) is 0 Å². The van der Waals surface area contributed by atoms with Crippen LogP contribution in [0.15, 0.2) is 0 Å². The second kappa shape index (κ2) is 10.8. The van der Waals surface area contributed by atoms with Gasteiger partial charge in [0.05, 0.1) is 0 Å². The second-order valence-corrected chi connectivity index (χ2v) is 1.82. The van der Waals surface area contributed by atoms with Crippen molar-refractivity contribution in [3.8, 4) is 0 Å². The molecule has 0 saturated carbocycles. The Balaban J connectivity index is -0.0000000720. The van der Waals surface area contributed by atoms with E-state index in [4.69, 9.17) is 0 Å². The van der Waals surface area contributed by atoms with Crippen molar-refractivity contribution in [1.82, 2.24) is 0 Å². The molecule has 0 atom stereocenters. The number of hydrogen-bond acceptors (Lipinski definition) is 2. The first-order valence-electron chi connectivity index (χ1n) is 2.41. The first kappa shape index (κ1) is 15.9. The Morgan fingerprint density at radius 1 is 0.778 bits per heavy atom. The zero-order chi connectivity index (χ0) is 7.15. The molecule has 0 heterocycles. The maximum atomic E-state index is 9.44. The van der Waals surface area contributed by atoms with E-state index in [1.165, 1.54) is 27.7 Å². The summed E-state index contributed by atoms with van der Waals surface area (Å²) in [7, 11) is 0. The molecule has 57 valence electrons. The van der Waals surface area contributed by atoms with Gasteiger partial charge in [0.1, 0.15) is 11.6 Å². The quantitative estimate of drug-likeness (QED) is 0.524. The van der Waals surface area contributed by atoms with Gasteiger partial charge in [-0.05, 0) is 27.7 Å². The third-order valence-corrected chi connectivity index (χ3v) is 0. The van der Waals surface area contributed by atoms with Gasteiger partial charge in [-0.1, -0.05) is 0 Å². The van der Waals surface area contributed by atoms with Crippen LogP contribution in [-0.2, 0) is 26.7 Å². The first-order valence-corrected chi connectivity index (χ1v) is 2.41. The van der Waals surface area contributed by atoms with Crippen molar-refractivity contribution in [3.05, 3.63) is 0 Å². The molecule has 3 heteroatoms. The molecular weight excluding hydrogens is 168 g/mol. The smallest absolute Gasteiger partial charge is 0.300 e. The van der Waals surface area contributed by atoms with Crippen LogP contribution in [0.2, 0.25) is 0 Å². The van der Waals surface area contributed by atoms with Crippen LogP contribution in [0, 0.1) is 0 Å². The number of ketones is 2. The SMILES string of the molecule is CC(C)=O.CC(C)=O.[Cu+2]. The largest absolute Gasteiger partial charge is 2.00 e. The van der Waals surface area contributed by atoms with Crippen LogP contribution in [0.3, 0.4) is 0 Å². The van der Waals surface area contributed by atoms with Crippen molar-refractivity contribution >= 4 is 11.6 Å². The molecule has 0 aromatic heterocycles. The fourth-order valence-electron chi connectivity index (χ4n) is 0. The summed E-state index contributed by atoms with van der Waals surface area (Å²) in [6.07, 6.45) is 0. The van der Waals surface area contributed by atoms with Crippen molar-refractivity contribution < 1.29 is 26.7 Å². The molecule has 0 aliphatic rings. The van der Waals surface area contributed by atoms with Gasteiger partial charge in [-0.25, -0.2) is 0 Å². The minimum absolute atomic E-state index is 0. The summed E-state index contributed by atoms with van der Waals surface area (Å²) in [4.78, 5) is 18.9. The molecule has 0 amide bonds. The van der Waals surface area contributed by atoms with E-state index in [1.807, 2.05) is 0 Å². The molecule has 0 aliphatic carbocycles. The average molecular weight is 180 g/mol. The Bertz CT molecular complexity index is 69.1. The molecule has 2 nitrogen and oxygen atoms in total. The Kier molecular flexibility index (Phi) is 19.1. The molecule has 0 unspecified atom stereocenters. The van der Waals surface area contributed by atoms with Crippen molar-refractivity contribution in [2.75, 3.05) is 0 Å². The maximum absolute atomic E-state index is 9.44. The predicted molar refractivity (Wildman–Crippen MR) is 32.7 cm³/mol. The summed E-state index contributed by atoms with van der Waals surface area (Å²) >= 11 is 0. The van der Waals surface area contributed by atoms with Gasteiger partial charge in [-0.15, -0.1) is 0 Å². The predicted octanol–water partition coefficient (Wildman–Crippen LogP) is 1.19. The minimum atomic E-state index is 0. The Hall–Kier alpha value is -0.141. The Morgan fingerprint density at radius 2 is 0.778 bits per heavy atom. The van der Waals surface area contributed by atoms with E-state index in [0.29, 0.717) is 0 Å². The summed E-state index contributed by atoms with van der Waals surface area (Å²) in [5.74, 6) is 0.333.